The summed E-state index contributed by atoms with van der Waals surface area (Å²) in [5, 5.41) is 9.77. The fourth-order valence-corrected chi connectivity index (χ4v) is 4.29. The van der Waals surface area contributed by atoms with E-state index in [0.717, 1.165) is 51.0 Å². The summed E-state index contributed by atoms with van der Waals surface area (Å²) in [6.45, 7) is 5.00. The Hall–Kier alpha value is -1.75. The van der Waals surface area contributed by atoms with E-state index < -0.39 is 0 Å². The number of carbonyl (C=O) groups is 2. The maximum atomic E-state index is 12.7. The van der Waals surface area contributed by atoms with Crippen molar-refractivity contribution < 1.29 is 14.7 Å². The lowest BCUT2D eigenvalue weighted by Crippen LogP contribution is -2.55. The summed E-state index contributed by atoms with van der Waals surface area (Å²) in [4.78, 5) is 28.6. The van der Waals surface area contributed by atoms with Gasteiger partial charge in [0.1, 0.15) is 5.75 Å². The molecule has 3 rings (SSSR count). The van der Waals surface area contributed by atoms with Gasteiger partial charge in [-0.3, -0.25) is 9.59 Å². The molecule has 2 heterocycles. The third kappa shape index (κ3) is 3.92. The topological polar surface area (TPSA) is 60.9 Å². The number of hydrogen-bond donors (Lipinski definition) is 1. The Kier molecular flexibility index (Phi) is 5.23. The Bertz CT molecular complexity index is 679. The number of rotatable bonds is 3. The van der Waals surface area contributed by atoms with Crippen molar-refractivity contribution in [3.63, 3.8) is 0 Å². The van der Waals surface area contributed by atoms with E-state index >= 15 is 0 Å². The Morgan fingerprint density at radius 3 is 2.84 bits per heavy atom. The van der Waals surface area contributed by atoms with Gasteiger partial charge in [0.25, 0.3) is 0 Å². The van der Waals surface area contributed by atoms with Crippen molar-refractivity contribution in [3.05, 3.63) is 28.8 Å². The van der Waals surface area contributed by atoms with Crippen molar-refractivity contribution >= 4 is 23.4 Å². The number of phenols is 1. The van der Waals surface area contributed by atoms with Crippen molar-refractivity contribution in [1.29, 1.82) is 0 Å². The zero-order chi connectivity index (χ0) is 18.0. The number of halogens is 1. The van der Waals surface area contributed by atoms with Crippen molar-refractivity contribution in [2.75, 3.05) is 26.2 Å². The van der Waals surface area contributed by atoms with Crippen LogP contribution in [0.2, 0.25) is 5.02 Å². The zero-order valence-electron chi connectivity index (χ0n) is 14.6. The summed E-state index contributed by atoms with van der Waals surface area (Å²) in [5.41, 5.74) is 0.853. The van der Waals surface area contributed by atoms with Crippen LogP contribution in [0, 0.1) is 5.41 Å². The van der Waals surface area contributed by atoms with Crippen LogP contribution in [0.1, 0.15) is 38.2 Å². The number of aromatic hydroxyl groups is 1. The molecule has 0 saturated carbocycles. The fraction of sp³-hybridized carbons (Fsp3) is 0.579. The van der Waals surface area contributed by atoms with E-state index in [9.17, 15) is 14.7 Å². The Morgan fingerprint density at radius 2 is 2.12 bits per heavy atom. The van der Waals surface area contributed by atoms with E-state index in [-0.39, 0.29) is 34.4 Å². The monoisotopic (exact) mass is 364 g/mol. The fourth-order valence-electron chi connectivity index (χ4n) is 4.09. The van der Waals surface area contributed by atoms with Crippen LogP contribution in [-0.4, -0.2) is 52.9 Å². The molecule has 1 aromatic rings. The summed E-state index contributed by atoms with van der Waals surface area (Å²) in [6.07, 6.45) is 3.80. The van der Waals surface area contributed by atoms with Gasteiger partial charge in [0.05, 0.1) is 11.4 Å². The summed E-state index contributed by atoms with van der Waals surface area (Å²) in [7, 11) is 0. The molecule has 0 bridgehead atoms. The van der Waals surface area contributed by atoms with E-state index in [1.54, 1.807) is 12.1 Å². The van der Waals surface area contributed by atoms with Crippen LogP contribution in [0.4, 0.5) is 0 Å². The molecule has 1 atom stereocenters. The molecule has 0 aliphatic carbocycles. The predicted octanol–water partition coefficient (Wildman–Crippen LogP) is 2.84. The van der Waals surface area contributed by atoms with Crippen molar-refractivity contribution in [2.45, 2.75) is 39.0 Å². The minimum absolute atomic E-state index is 0.0290. The highest BCUT2D eigenvalue weighted by atomic mass is 35.5. The maximum absolute atomic E-state index is 12.7. The van der Waals surface area contributed by atoms with Crippen LogP contribution < -0.4 is 0 Å². The van der Waals surface area contributed by atoms with Crippen LogP contribution in [0.25, 0.3) is 0 Å². The second-order valence-electron chi connectivity index (χ2n) is 7.29. The molecule has 2 fully saturated rings. The molecule has 0 aromatic heterocycles. The molecule has 2 saturated heterocycles. The molecule has 25 heavy (non-hydrogen) atoms. The first-order valence-electron chi connectivity index (χ1n) is 8.95. The standard InChI is InChI=1S/C19H25ClN2O3/c1-2-21-12-19(8-6-17(21)24)7-3-9-22(13-19)18(25)11-14-4-5-16(23)15(20)10-14/h4-5,10,23H,2-3,6-9,11-13H2,1H3/t19-/m1/s1. The highest BCUT2D eigenvalue weighted by Gasteiger charge is 2.42. The molecule has 2 aliphatic heterocycles. The van der Waals surface area contributed by atoms with Crippen LogP contribution >= 0.6 is 11.6 Å². The van der Waals surface area contributed by atoms with E-state index in [1.807, 2.05) is 16.7 Å². The Balaban J connectivity index is 1.67. The van der Waals surface area contributed by atoms with Crippen LogP contribution in [0.3, 0.4) is 0 Å². The predicted molar refractivity (Wildman–Crippen MR) is 96.6 cm³/mol. The number of piperidine rings is 2. The van der Waals surface area contributed by atoms with Gasteiger partial charge < -0.3 is 14.9 Å². The molecule has 1 N–H and O–H groups in total. The molecule has 0 unspecified atom stereocenters. The molecule has 1 aromatic carbocycles. The Labute approximate surface area is 153 Å². The molecule has 2 aliphatic rings. The van der Waals surface area contributed by atoms with Gasteiger partial charge in [-0.15, -0.1) is 0 Å². The minimum Gasteiger partial charge on any atom is -0.506 e. The number of benzene rings is 1. The molecule has 1 spiro atoms. The van der Waals surface area contributed by atoms with Crippen molar-refractivity contribution in [3.8, 4) is 5.75 Å². The van der Waals surface area contributed by atoms with Crippen molar-refractivity contribution in [2.24, 2.45) is 5.41 Å². The van der Waals surface area contributed by atoms with Gasteiger partial charge in [0.15, 0.2) is 0 Å². The lowest BCUT2D eigenvalue weighted by Gasteiger charge is -2.48. The first-order valence-corrected chi connectivity index (χ1v) is 9.33. The zero-order valence-corrected chi connectivity index (χ0v) is 15.4. The van der Waals surface area contributed by atoms with E-state index in [4.69, 9.17) is 11.6 Å². The Morgan fingerprint density at radius 1 is 1.32 bits per heavy atom. The molecule has 5 nitrogen and oxygen atoms in total. The first kappa shape index (κ1) is 18.1. The quantitative estimate of drug-likeness (QED) is 0.897. The minimum atomic E-state index is 0.0290. The number of amides is 2. The lowest BCUT2D eigenvalue weighted by atomic mass is 9.73. The van der Waals surface area contributed by atoms with Crippen molar-refractivity contribution in [1.82, 2.24) is 9.80 Å². The van der Waals surface area contributed by atoms with E-state index in [0.29, 0.717) is 6.42 Å². The number of phenolic OH excluding ortho intramolecular Hbond substituents is 1. The second kappa shape index (κ2) is 7.24. The maximum Gasteiger partial charge on any atom is 0.227 e. The lowest BCUT2D eigenvalue weighted by molar-refractivity contribution is -0.142. The first-order chi connectivity index (χ1) is 11.9. The third-order valence-electron chi connectivity index (χ3n) is 5.51. The normalized spacial score (nSPS) is 24.0. The molecule has 0 radical (unpaired) electrons. The molecule has 136 valence electrons. The van der Waals surface area contributed by atoms with Gasteiger partial charge >= 0.3 is 0 Å². The van der Waals surface area contributed by atoms with Gasteiger partial charge in [-0.1, -0.05) is 17.7 Å². The number of nitrogens with zero attached hydrogens (tertiary/aromatic N) is 2. The highest BCUT2D eigenvalue weighted by Crippen LogP contribution is 2.39. The molecule has 2 amide bonds. The number of hydrogen-bond acceptors (Lipinski definition) is 3. The van der Waals surface area contributed by atoms with Gasteiger partial charge in [0, 0.05) is 38.0 Å². The SMILES string of the molecule is CCN1C[C@@]2(CCCN(C(=O)Cc3ccc(O)c(Cl)c3)C2)CCC1=O. The summed E-state index contributed by atoms with van der Waals surface area (Å²) in [6, 6.07) is 4.90. The average molecular weight is 365 g/mol. The largest absolute Gasteiger partial charge is 0.506 e. The second-order valence-corrected chi connectivity index (χ2v) is 7.70. The van der Waals surface area contributed by atoms with Gasteiger partial charge in [0.2, 0.25) is 11.8 Å². The highest BCUT2D eigenvalue weighted by molar-refractivity contribution is 6.32. The summed E-state index contributed by atoms with van der Waals surface area (Å²) in [5.74, 6) is 0.345. The summed E-state index contributed by atoms with van der Waals surface area (Å²) >= 11 is 5.93. The summed E-state index contributed by atoms with van der Waals surface area (Å²) < 4.78 is 0. The van der Waals surface area contributed by atoms with Crippen LogP contribution in [0.5, 0.6) is 5.75 Å². The van der Waals surface area contributed by atoms with Crippen LogP contribution in [-0.2, 0) is 16.0 Å². The van der Waals surface area contributed by atoms with Gasteiger partial charge in [-0.2, -0.15) is 0 Å². The molecular weight excluding hydrogens is 340 g/mol. The van der Waals surface area contributed by atoms with E-state index in [2.05, 4.69) is 0 Å². The van der Waals surface area contributed by atoms with Gasteiger partial charge in [-0.25, -0.2) is 0 Å². The van der Waals surface area contributed by atoms with Gasteiger partial charge in [-0.05, 0) is 43.9 Å². The van der Waals surface area contributed by atoms with E-state index in [1.165, 1.54) is 6.07 Å². The number of likely N-dealkylation sites (tertiary alicyclic amines) is 2. The third-order valence-corrected chi connectivity index (χ3v) is 5.81. The smallest absolute Gasteiger partial charge is 0.227 e. The molecule has 6 heteroatoms. The molecular formula is C19H25ClN2O3. The number of carbonyl (C=O) groups excluding carboxylic acids is 2. The van der Waals surface area contributed by atoms with Crippen LogP contribution in [0.15, 0.2) is 18.2 Å². The average Bonchev–Trinajstić information content (AvgIpc) is 2.60.